The van der Waals surface area contributed by atoms with Crippen molar-refractivity contribution in [2.45, 2.75) is 13.8 Å². The minimum absolute atomic E-state index is 0.209. The molecular formula is C20H18ClN3O3S. The van der Waals surface area contributed by atoms with Crippen molar-refractivity contribution in [3.05, 3.63) is 69.7 Å². The van der Waals surface area contributed by atoms with Crippen molar-refractivity contribution in [1.82, 2.24) is 15.8 Å². The van der Waals surface area contributed by atoms with Gasteiger partial charge < -0.3 is 4.74 Å². The van der Waals surface area contributed by atoms with Gasteiger partial charge in [0, 0.05) is 10.6 Å². The normalized spacial score (nSPS) is 10.4. The fourth-order valence-electron chi connectivity index (χ4n) is 2.43. The number of halogens is 1. The molecule has 6 nitrogen and oxygen atoms in total. The van der Waals surface area contributed by atoms with E-state index < -0.39 is 11.8 Å². The van der Waals surface area contributed by atoms with E-state index in [1.165, 1.54) is 11.3 Å². The van der Waals surface area contributed by atoms with Crippen LogP contribution in [0.3, 0.4) is 0 Å². The number of aromatic nitrogens is 1. The topological polar surface area (TPSA) is 80.3 Å². The van der Waals surface area contributed by atoms with Crippen molar-refractivity contribution in [2.75, 3.05) is 6.61 Å². The van der Waals surface area contributed by atoms with Crippen LogP contribution in [-0.2, 0) is 4.79 Å². The Hall–Kier alpha value is -2.90. The average molecular weight is 416 g/mol. The molecule has 0 bridgehead atoms. The van der Waals surface area contributed by atoms with E-state index in [4.69, 9.17) is 16.3 Å². The van der Waals surface area contributed by atoms with E-state index in [1.807, 2.05) is 37.3 Å². The molecule has 8 heteroatoms. The second-order valence-corrected chi connectivity index (χ2v) is 7.49. The van der Waals surface area contributed by atoms with Gasteiger partial charge in [-0.25, -0.2) is 4.98 Å². The van der Waals surface area contributed by atoms with Crippen molar-refractivity contribution >= 4 is 34.8 Å². The molecule has 0 saturated heterocycles. The van der Waals surface area contributed by atoms with Gasteiger partial charge in [-0.15, -0.1) is 11.3 Å². The van der Waals surface area contributed by atoms with Crippen molar-refractivity contribution < 1.29 is 14.3 Å². The lowest BCUT2D eigenvalue weighted by molar-refractivity contribution is -0.123. The fourth-order valence-corrected chi connectivity index (χ4v) is 3.57. The van der Waals surface area contributed by atoms with E-state index in [-0.39, 0.29) is 6.61 Å². The Balaban J connectivity index is 1.57. The molecule has 0 unspecified atom stereocenters. The Kier molecular flexibility index (Phi) is 6.28. The summed E-state index contributed by atoms with van der Waals surface area (Å²) < 4.78 is 5.40. The van der Waals surface area contributed by atoms with Crippen LogP contribution < -0.4 is 15.6 Å². The zero-order valence-corrected chi connectivity index (χ0v) is 16.9. The SMILES string of the molecule is Cc1cccc(OCC(=O)NNC(=O)c2sc(-c3cccc(Cl)c3)nc2C)c1. The van der Waals surface area contributed by atoms with Crippen LogP contribution in [0.1, 0.15) is 20.9 Å². The molecule has 28 heavy (non-hydrogen) atoms. The maximum atomic E-state index is 12.4. The predicted octanol–water partition coefficient (Wildman–Crippen LogP) is 3.92. The minimum atomic E-state index is -0.466. The lowest BCUT2D eigenvalue weighted by atomic mass is 10.2. The third kappa shape index (κ3) is 5.09. The maximum Gasteiger partial charge on any atom is 0.281 e. The molecule has 0 atom stereocenters. The van der Waals surface area contributed by atoms with Crippen LogP contribution >= 0.6 is 22.9 Å². The third-order valence-corrected chi connectivity index (χ3v) is 5.19. The van der Waals surface area contributed by atoms with E-state index in [9.17, 15) is 9.59 Å². The van der Waals surface area contributed by atoms with Gasteiger partial charge in [0.1, 0.15) is 15.6 Å². The molecule has 3 aromatic rings. The van der Waals surface area contributed by atoms with Gasteiger partial charge in [-0.05, 0) is 43.7 Å². The zero-order valence-electron chi connectivity index (χ0n) is 15.3. The molecule has 2 N–H and O–H groups in total. The summed E-state index contributed by atoms with van der Waals surface area (Å²) in [5, 5.41) is 1.27. The van der Waals surface area contributed by atoms with Crippen LogP contribution in [0.15, 0.2) is 48.5 Å². The molecule has 1 heterocycles. The first-order chi connectivity index (χ1) is 13.4. The number of hydrazine groups is 1. The minimum Gasteiger partial charge on any atom is -0.484 e. The lowest BCUT2D eigenvalue weighted by Crippen LogP contribution is -2.43. The Bertz CT molecular complexity index is 1020. The van der Waals surface area contributed by atoms with Gasteiger partial charge in [0.2, 0.25) is 0 Å². The monoisotopic (exact) mass is 415 g/mol. The van der Waals surface area contributed by atoms with E-state index in [0.29, 0.717) is 26.4 Å². The number of hydrogen-bond donors (Lipinski definition) is 2. The summed E-state index contributed by atoms with van der Waals surface area (Å²) in [6.45, 7) is 3.46. The van der Waals surface area contributed by atoms with Gasteiger partial charge in [-0.3, -0.25) is 20.4 Å². The Morgan fingerprint density at radius 1 is 1.11 bits per heavy atom. The molecule has 0 saturated carbocycles. The highest BCUT2D eigenvalue weighted by Crippen LogP contribution is 2.29. The van der Waals surface area contributed by atoms with Crippen molar-refractivity contribution in [3.8, 4) is 16.3 Å². The van der Waals surface area contributed by atoms with Crippen LogP contribution in [-0.4, -0.2) is 23.4 Å². The largest absolute Gasteiger partial charge is 0.484 e. The number of rotatable bonds is 5. The number of carbonyl (C=O) groups is 2. The fraction of sp³-hybridized carbons (Fsp3) is 0.150. The standard InChI is InChI=1S/C20H18ClN3O3S/c1-12-5-3-8-16(9-12)27-11-17(25)23-24-19(26)18-13(2)22-20(28-18)14-6-4-7-15(21)10-14/h3-10H,11H2,1-2H3,(H,23,25)(H,24,26). The predicted molar refractivity (Wildman–Crippen MR) is 110 cm³/mol. The zero-order chi connectivity index (χ0) is 20.1. The number of ether oxygens (including phenoxy) is 1. The molecule has 0 spiro atoms. The van der Waals surface area contributed by atoms with Gasteiger partial charge in [0.15, 0.2) is 6.61 Å². The van der Waals surface area contributed by atoms with Gasteiger partial charge in [0.25, 0.3) is 11.8 Å². The number of thiazole rings is 1. The molecule has 1 aromatic heterocycles. The van der Waals surface area contributed by atoms with E-state index in [0.717, 1.165) is 11.1 Å². The second kappa shape index (κ2) is 8.86. The summed E-state index contributed by atoms with van der Waals surface area (Å²) in [7, 11) is 0. The van der Waals surface area contributed by atoms with E-state index in [1.54, 1.807) is 25.1 Å². The number of aryl methyl sites for hydroxylation is 2. The number of nitrogens with one attached hydrogen (secondary N) is 2. The molecule has 0 aliphatic carbocycles. The summed E-state index contributed by atoms with van der Waals surface area (Å²) in [4.78, 5) is 29.1. The lowest BCUT2D eigenvalue weighted by Gasteiger charge is -2.08. The Morgan fingerprint density at radius 2 is 1.89 bits per heavy atom. The molecule has 3 rings (SSSR count). The summed E-state index contributed by atoms with van der Waals surface area (Å²) in [5.74, 6) is -0.315. The van der Waals surface area contributed by atoms with E-state index >= 15 is 0 Å². The highest BCUT2D eigenvalue weighted by atomic mass is 35.5. The highest BCUT2D eigenvalue weighted by Gasteiger charge is 2.17. The third-order valence-electron chi connectivity index (χ3n) is 3.75. The van der Waals surface area contributed by atoms with Crippen LogP contribution in [0.2, 0.25) is 5.02 Å². The first-order valence-electron chi connectivity index (χ1n) is 8.44. The summed E-state index contributed by atoms with van der Waals surface area (Å²) in [5.41, 5.74) is 7.17. The molecule has 2 aromatic carbocycles. The number of carbonyl (C=O) groups excluding carboxylic acids is 2. The number of benzene rings is 2. The number of hydrogen-bond acceptors (Lipinski definition) is 5. The quantitative estimate of drug-likeness (QED) is 0.619. The highest BCUT2D eigenvalue weighted by molar-refractivity contribution is 7.17. The number of nitrogens with zero attached hydrogens (tertiary/aromatic N) is 1. The summed E-state index contributed by atoms with van der Waals surface area (Å²) in [6.07, 6.45) is 0. The van der Waals surface area contributed by atoms with Crippen molar-refractivity contribution in [2.24, 2.45) is 0 Å². The van der Waals surface area contributed by atoms with Gasteiger partial charge in [0.05, 0.1) is 5.69 Å². The first kappa shape index (κ1) is 19.9. The van der Waals surface area contributed by atoms with Gasteiger partial charge >= 0.3 is 0 Å². The van der Waals surface area contributed by atoms with Crippen LogP contribution in [0.4, 0.5) is 0 Å². The van der Waals surface area contributed by atoms with Crippen molar-refractivity contribution in [1.29, 1.82) is 0 Å². The van der Waals surface area contributed by atoms with E-state index in [2.05, 4.69) is 15.8 Å². The van der Waals surface area contributed by atoms with Gasteiger partial charge in [-0.2, -0.15) is 0 Å². The van der Waals surface area contributed by atoms with Crippen LogP contribution in [0.25, 0.3) is 10.6 Å². The van der Waals surface area contributed by atoms with Crippen LogP contribution in [0.5, 0.6) is 5.75 Å². The molecule has 0 aliphatic heterocycles. The maximum absolute atomic E-state index is 12.4. The summed E-state index contributed by atoms with van der Waals surface area (Å²) in [6, 6.07) is 14.6. The average Bonchev–Trinajstić information content (AvgIpc) is 3.06. The first-order valence-corrected chi connectivity index (χ1v) is 9.64. The molecular weight excluding hydrogens is 398 g/mol. The van der Waals surface area contributed by atoms with Crippen molar-refractivity contribution in [3.63, 3.8) is 0 Å². The smallest absolute Gasteiger partial charge is 0.281 e. The Labute approximate surface area is 171 Å². The Morgan fingerprint density at radius 3 is 2.64 bits per heavy atom. The molecule has 144 valence electrons. The molecule has 0 fully saturated rings. The molecule has 2 amide bonds. The van der Waals surface area contributed by atoms with Crippen LogP contribution in [0, 0.1) is 13.8 Å². The van der Waals surface area contributed by atoms with Gasteiger partial charge in [-0.1, -0.05) is 35.9 Å². The second-order valence-electron chi connectivity index (χ2n) is 6.05. The molecule has 0 aliphatic rings. The summed E-state index contributed by atoms with van der Waals surface area (Å²) >= 11 is 7.24. The molecule has 0 radical (unpaired) electrons. The number of amides is 2.